The molecule has 0 radical (unpaired) electrons. The third kappa shape index (κ3) is 5.59. The third-order valence-corrected chi connectivity index (χ3v) is 3.78. The Morgan fingerprint density at radius 1 is 1.16 bits per heavy atom. The first kappa shape index (κ1) is 16.6. The molecule has 1 N–H and O–H groups in total. The largest absolute Gasteiger partial charge is 0.396 e. The van der Waals surface area contributed by atoms with Crippen molar-refractivity contribution in [2.45, 2.75) is 25.7 Å². The van der Waals surface area contributed by atoms with Gasteiger partial charge in [0, 0.05) is 13.2 Å². The van der Waals surface area contributed by atoms with Crippen molar-refractivity contribution in [3.8, 4) is 0 Å². The lowest BCUT2D eigenvalue weighted by Gasteiger charge is -2.31. The van der Waals surface area contributed by atoms with Crippen LogP contribution in [-0.2, 0) is 6.42 Å². The van der Waals surface area contributed by atoms with Gasteiger partial charge in [-0.3, -0.25) is 0 Å². The average molecular weight is 332 g/mol. The number of nitrogens with zero attached hydrogens (tertiary/aromatic N) is 1. The summed E-state index contributed by atoms with van der Waals surface area (Å²) in [5, 5.41) is 8.81. The van der Waals surface area contributed by atoms with Crippen LogP contribution >= 0.6 is 17.0 Å². The van der Waals surface area contributed by atoms with Crippen LogP contribution in [0.4, 0.5) is 4.39 Å². The minimum Gasteiger partial charge on any atom is -0.396 e. The Morgan fingerprint density at radius 3 is 2.37 bits per heavy atom. The minimum atomic E-state index is -0.155. The number of likely N-dealkylation sites (tertiary alicyclic amines) is 1. The summed E-state index contributed by atoms with van der Waals surface area (Å²) in [4.78, 5) is 2.43. The topological polar surface area (TPSA) is 23.5 Å². The highest BCUT2D eigenvalue weighted by Gasteiger charge is 2.18. The van der Waals surface area contributed by atoms with Gasteiger partial charge in [-0.05, 0) is 62.4 Å². The van der Waals surface area contributed by atoms with Crippen LogP contribution in [0.5, 0.6) is 0 Å². The second kappa shape index (κ2) is 8.67. The van der Waals surface area contributed by atoms with Crippen molar-refractivity contribution >= 4 is 17.0 Å². The number of piperidine rings is 1. The smallest absolute Gasteiger partial charge is 0.123 e. The van der Waals surface area contributed by atoms with Gasteiger partial charge in [0.25, 0.3) is 0 Å². The molecule has 1 saturated heterocycles. The van der Waals surface area contributed by atoms with Crippen LogP contribution in [0, 0.1) is 11.7 Å². The second-order valence-electron chi connectivity index (χ2n) is 5.19. The Bertz CT molecular complexity index is 350. The molecule has 0 unspecified atom stereocenters. The van der Waals surface area contributed by atoms with Crippen LogP contribution in [0.3, 0.4) is 0 Å². The van der Waals surface area contributed by atoms with Crippen LogP contribution in [0.25, 0.3) is 0 Å². The molecule has 4 heteroatoms. The molecule has 0 saturated carbocycles. The number of hydrogen-bond donors (Lipinski definition) is 1. The molecular weight excluding hydrogens is 309 g/mol. The highest BCUT2D eigenvalue weighted by atomic mass is 79.9. The average Bonchev–Trinajstić information content (AvgIpc) is 2.41. The molecule has 19 heavy (non-hydrogen) atoms. The Hall–Kier alpha value is -0.450. The van der Waals surface area contributed by atoms with Crippen molar-refractivity contribution in [1.29, 1.82) is 0 Å². The molecule has 0 aliphatic carbocycles. The number of rotatable bonds is 5. The fraction of sp³-hybridized carbons (Fsp3) is 0.600. The van der Waals surface area contributed by atoms with Crippen LogP contribution < -0.4 is 0 Å². The van der Waals surface area contributed by atoms with Crippen LogP contribution in [0.15, 0.2) is 24.3 Å². The van der Waals surface area contributed by atoms with E-state index in [1.807, 2.05) is 12.1 Å². The zero-order valence-corrected chi connectivity index (χ0v) is 12.9. The van der Waals surface area contributed by atoms with Gasteiger partial charge in [-0.1, -0.05) is 12.1 Å². The molecule has 0 bridgehead atoms. The van der Waals surface area contributed by atoms with Gasteiger partial charge in [0.1, 0.15) is 5.82 Å². The molecule has 1 aliphatic heterocycles. The van der Waals surface area contributed by atoms with Crippen molar-refractivity contribution in [3.63, 3.8) is 0 Å². The lowest BCUT2D eigenvalue weighted by atomic mass is 9.90. The van der Waals surface area contributed by atoms with E-state index < -0.39 is 0 Å². The van der Waals surface area contributed by atoms with Gasteiger partial charge in [0.05, 0.1) is 0 Å². The fourth-order valence-corrected chi connectivity index (χ4v) is 2.66. The van der Waals surface area contributed by atoms with E-state index >= 15 is 0 Å². The SMILES string of the molecule is Br.OCCCN1CCC(Cc2ccc(F)cc2)CC1. The molecule has 0 amide bonds. The fourth-order valence-electron chi connectivity index (χ4n) is 2.66. The van der Waals surface area contributed by atoms with E-state index in [9.17, 15) is 4.39 Å². The van der Waals surface area contributed by atoms with Crippen molar-refractivity contribution in [2.24, 2.45) is 5.92 Å². The molecule has 0 aromatic heterocycles. The van der Waals surface area contributed by atoms with Gasteiger partial charge < -0.3 is 10.0 Å². The molecule has 0 atom stereocenters. The molecule has 2 rings (SSSR count). The standard InChI is InChI=1S/C15H22FNO.BrH/c16-15-4-2-13(3-5-15)12-14-6-9-17(10-7-14)8-1-11-18;/h2-5,14,18H,1,6-12H2;1H. The molecular formula is C15H23BrFNO. The molecule has 0 spiro atoms. The Labute approximate surface area is 125 Å². The van der Waals surface area contributed by atoms with Gasteiger partial charge >= 0.3 is 0 Å². The number of aliphatic hydroxyl groups is 1. The highest BCUT2D eigenvalue weighted by molar-refractivity contribution is 8.93. The first-order valence-corrected chi connectivity index (χ1v) is 6.85. The van der Waals surface area contributed by atoms with Crippen molar-refractivity contribution < 1.29 is 9.50 Å². The first-order valence-electron chi connectivity index (χ1n) is 6.85. The quantitative estimate of drug-likeness (QED) is 0.896. The van der Waals surface area contributed by atoms with Crippen LogP contribution in [0.1, 0.15) is 24.8 Å². The van der Waals surface area contributed by atoms with Gasteiger partial charge in [0.15, 0.2) is 0 Å². The maximum atomic E-state index is 12.8. The Morgan fingerprint density at radius 2 is 1.79 bits per heavy atom. The monoisotopic (exact) mass is 331 g/mol. The summed E-state index contributed by atoms with van der Waals surface area (Å²) in [7, 11) is 0. The van der Waals surface area contributed by atoms with Crippen molar-refractivity contribution in [1.82, 2.24) is 4.90 Å². The molecule has 1 aromatic rings. The maximum absolute atomic E-state index is 12.8. The number of halogens is 2. The minimum absolute atomic E-state index is 0. The lowest BCUT2D eigenvalue weighted by Crippen LogP contribution is -2.35. The summed E-state index contributed by atoms with van der Waals surface area (Å²) in [6, 6.07) is 6.89. The Balaban J connectivity index is 0.00000180. The lowest BCUT2D eigenvalue weighted by molar-refractivity contribution is 0.167. The maximum Gasteiger partial charge on any atom is 0.123 e. The molecule has 1 aromatic carbocycles. The number of aliphatic hydroxyl groups excluding tert-OH is 1. The normalized spacial score (nSPS) is 17.2. The molecule has 108 valence electrons. The van der Waals surface area contributed by atoms with Gasteiger partial charge in [-0.2, -0.15) is 0 Å². The number of benzene rings is 1. The van der Waals surface area contributed by atoms with E-state index in [0.717, 1.165) is 38.4 Å². The van der Waals surface area contributed by atoms with Crippen LogP contribution in [-0.4, -0.2) is 36.2 Å². The Kier molecular flexibility index (Phi) is 7.57. The summed E-state index contributed by atoms with van der Waals surface area (Å²) in [5.74, 6) is 0.568. The van der Waals surface area contributed by atoms with Gasteiger partial charge in [-0.25, -0.2) is 4.39 Å². The van der Waals surface area contributed by atoms with E-state index in [4.69, 9.17) is 5.11 Å². The highest BCUT2D eigenvalue weighted by Crippen LogP contribution is 2.21. The number of hydrogen-bond acceptors (Lipinski definition) is 2. The summed E-state index contributed by atoms with van der Waals surface area (Å²) in [5.41, 5.74) is 1.24. The summed E-state index contributed by atoms with van der Waals surface area (Å²) in [6.45, 7) is 3.56. The molecule has 2 nitrogen and oxygen atoms in total. The van der Waals surface area contributed by atoms with E-state index in [-0.39, 0.29) is 29.4 Å². The first-order chi connectivity index (χ1) is 8.78. The van der Waals surface area contributed by atoms with E-state index in [0.29, 0.717) is 0 Å². The summed E-state index contributed by atoms with van der Waals surface area (Å²) < 4.78 is 12.8. The predicted molar refractivity (Wildman–Crippen MR) is 81.3 cm³/mol. The molecule has 1 heterocycles. The van der Waals surface area contributed by atoms with E-state index in [1.54, 1.807) is 12.1 Å². The zero-order valence-electron chi connectivity index (χ0n) is 11.2. The van der Waals surface area contributed by atoms with E-state index in [1.165, 1.54) is 18.4 Å². The molecule has 1 fully saturated rings. The second-order valence-corrected chi connectivity index (χ2v) is 5.19. The van der Waals surface area contributed by atoms with Crippen molar-refractivity contribution in [2.75, 3.05) is 26.2 Å². The van der Waals surface area contributed by atoms with Crippen molar-refractivity contribution in [3.05, 3.63) is 35.6 Å². The van der Waals surface area contributed by atoms with Gasteiger partial charge in [0.2, 0.25) is 0 Å². The summed E-state index contributed by atoms with van der Waals surface area (Å²) >= 11 is 0. The van der Waals surface area contributed by atoms with Crippen LogP contribution in [0.2, 0.25) is 0 Å². The molecule has 1 aliphatic rings. The predicted octanol–water partition coefficient (Wildman–Crippen LogP) is 3.04. The van der Waals surface area contributed by atoms with Gasteiger partial charge in [-0.15, -0.1) is 17.0 Å². The summed E-state index contributed by atoms with van der Waals surface area (Å²) in [6.07, 6.45) is 4.36. The zero-order chi connectivity index (χ0) is 12.8. The van der Waals surface area contributed by atoms with E-state index in [2.05, 4.69) is 4.90 Å². The third-order valence-electron chi connectivity index (χ3n) is 3.78.